The van der Waals surface area contributed by atoms with E-state index in [1.165, 1.54) is 4.68 Å². The first kappa shape index (κ1) is 15.2. The van der Waals surface area contributed by atoms with Gasteiger partial charge in [-0.15, -0.1) is 0 Å². The first-order chi connectivity index (χ1) is 8.51. The number of nitrogens with zero attached hydrogens (tertiary/aromatic N) is 2. The van der Waals surface area contributed by atoms with Crippen molar-refractivity contribution in [2.75, 3.05) is 11.9 Å². The molecular weight excluding hydrogens is 298 g/mol. The predicted molar refractivity (Wildman–Crippen MR) is 75.8 cm³/mol. The summed E-state index contributed by atoms with van der Waals surface area (Å²) in [5.74, 6) is 0.511. The Balaban J connectivity index is 2.92. The van der Waals surface area contributed by atoms with Crippen LogP contribution in [0.25, 0.3) is 0 Å². The smallest absolute Gasteiger partial charge is 0.283 e. The van der Waals surface area contributed by atoms with E-state index in [0.29, 0.717) is 16.1 Å². The number of anilines is 1. The molecule has 0 fully saturated rings. The highest BCUT2D eigenvalue weighted by Crippen LogP contribution is 2.20. The summed E-state index contributed by atoms with van der Waals surface area (Å²) in [5, 5.41) is 16.1. The van der Waals surface area contributed by atoms with E-state index in [1.807, 2.05) is 0 Å². The molecule has 0 bridgehead atoms. The Morgan fingerprint density at radius 3 is 2.78 bits per heavy atom. The van der Waals surface area contributed by atoms with Gasteiger partial charge in [0.15, 0.2) is 0 Å². The van der Waals surface area contributed by atoms with E-state index >= 15 is 0 Å². The van der Waals surface area contributed by atoms with Crippen molar-refractivity contribution < 1.29 is 5.11 Å². The van der Waals surface area contributed by atoms with E-state index in [9.17, 15) is 4.79 Å². The largest absolute Gasteiger partial charge is 0.394 e. The Hall–Kier alpha value is -0.880. The molecule has 1 aromatic heterocycles. The summed E-state index contributed by atoms with van der Waals surface area (Å²) in [6.45, 7) is 6.48. The van der Waals surface area contributed by atoms with E-state index in [0.717, 1.165) is 6.42 Å². The average molecular weight is 318 g/mol. The van der Waals surface area contributed by atoms with Crippen LogP contribution in [0.1, 0.15) is 27.2 Å². The fourth-order valence-electron chi connectivity index (χ4n) is 1.56. The molecule has 0 saturated heterocycles. The van der Waals surface area contributed by atoms with Gasteiger partial charge < -0.3 is 10.4 Å². The highest BCUT2D eigenvalue weighted by atomic mass is 79.9. The normalized spacial score (nSPS) is 14.3. The molecule has 0 aromatic carbocycles. The Kier molecular flexibility index (Phi) is 5.81. The van der Waals surface area contributed by atoms with Crippen molar-refractivity contribution in [1.82, 2.24) is 9.78 Å². The first-order valence-electron chi connectivity index (χ1n) is 6.14. The van der Waals surface area contributed by atoms with Crippen molar-refractivity contribution in [2.24, 2.45) is 5.92 Å². The van der Waals surface area contributed by atoms with Gasteiger partial charge in [0.05, 0.1) is 25.0 Å². The third-order valence-electron chi connectivity index (χ3n) is 3.18. The first-order valence-corrected chi connectivity index (χ1v) is 6.93. The number of aliphatic hydroxyl groups is 1. The van der Waals surface area contributed by atoms with Gasteiger partial charge in [-0.2, -0.15) is 5.10 Å². The molecule has 0 radical (unpaired) electrons. The summed E-state index contributed by atoms with van der Waals surface area (Å²) >= 11 is 3.28. The van der Waals surface area contributed by atoms with Gasteiger partial charge in [0.25, 0.3) is 5.56 Å². The summed E-state index contributed by atoms with van der Waals surface area (Å²) < 4.78 is 1.70. The van der Waals surface area contributed by atoms with Crippen LogP contribution >= 0.6 is 15.9 Å². The van der Waals surface area contributed by atoms with E-state index < -0.39 is 0 Å². The van der Waals surface area contributed by atoms with Crippen LogP contribution in [0, 0.1) is 5.92 Å². The van der Waals surface area contributed by atoms with Gasteiger partial charge in [0.2, 0.25) is 0 Å². The van der Waals surface area contributed by atoms with Gasteiger partial charge in [-0.25, -0.2) is 4.68 Å². The van der Waals surface area contributed by atoms with Crippen LogP contribution in [0.15, 0.2) is 15.5 Å². The number of hydrogen-bond donors (Lipinski definition) is 2. The Bertz CT molecular complexity index is 447. The average Bonchev–Trinajstić information content (AvgIpc) is 2.37. The van der Waals surface area contributed by atoms with Crippen LogP contribution in [0.2, 0.25) is 0 Å². The molecule has 0 amide bonds. The lowest BCUT2D eigenvalue weighted by Crippen LogP contribution is -2.29. The van der Waals surface area contributed by atoms with Gasteiger partial charge in [-0.1, -0.05) is 20.3 Å². The quantitative estimate of drug-likeness (QED) is 0.840. The van der Waals surface area contributed by atoms with Gasteiger partial charge in [0.1, 0.15) is 4.47 Å². The number of halogens is 1. The standard InChI is InChI=1S/C12H20BrN3O2/c1-4-8(2)9(3)15-10-7-14-16(5-6-17)12(18)11(10)13/h7-9,15,17H,4-6H2,1-3H3. The third kappa shape index (κ3) is 3.55. The van der Waals surface area contributed by atoms with Crippen molar-refractivity contribution in [3.05, 3.63) is 21.0 Å². The van der Waals surface area contributed by atoms with Crippen LogP contribution < -0.4 is 10.9 Å². The van der Waals surface area contributed by atoms with Crippen LogP contribution in [-0.2, 0) is 6.54 Å². The molecule has 0 spiro atoms. The third-order valence-corrected chi connectivity index (χ3v) is 3.94. The van der Waals surface area contributed by atoms with Gasteiger partial charge in [-0.05, 0) is 28.8 Å². The number of hydrogen-bond acceptors (Lipinski definition) is 4. The fourth-order valence-corrected chi connectivity index (χ4v) is 1.98. The maximum absolute atomic E-state index is 11.9. The molecule has 0 aliphatic carbocycles. The Morgan fingerprint density at radius 2 is 2.22 bits per heavy atom. The highest BCUT2D eigenvalue weighted by molar-refractivity contribution is 9.10. The lowest BCUT2D eigenvalue weighted by atomic mass is 10.0. The van der Waals surface area contributed by atoms with Crippen LogP contribution in [-0.4, -0.2) is 27.5 Å². The molecule has 1 rings (SSSR count). The maximum atomic E-state index is 11.9. The molecule has 1 heterocycles. The van der Waals surface area contributed by atoms with E-state index in [-0.39, 0.29) is 24.8 Å². The minimum absolute atomic E-state index is 0.102. The fraction of sp³-hybridized carbons (Fsp3) is 0.667. The van der Waals surface area contributed by atoms with E-state index in [4.69, 9.17) is 5.11 Å². The second kappa shape index (κ2) is 6.89. The lowest BCUT2D eigenvalue weighted by Gasteiger charge is -2.21. The zero-order valence-electron chi connectivity index (χ0n) is 11.0. The minimum atomic E-state index is -0.231. The molecule has 2 atom stereocenters. The minimum Gasteiger partial charge on any atom is -0.394 e. The predicted octanol–water partition coefficient (Wildman–Crippen LogP) is 1.84. The molecule has 2 unspecified atom stereocenters. The molecule has 6 heteroatoms. The molecule has 0 saturated carbocycles. The topological polar surface area (TPSA) is 67.2 Å². The van der Waals surface area contributed by atoms with Crippen molar-refractivity contribution in [1.29, 1.82) is 0 Å². The second-order valence-corrected chi connectivity index (χ2v) is 5.24. The Labute approximate surface area is 115 Å². The Morgan fingerprint density at radius 1 is 1.56 bits per heavy atom. The highest BCUT2D eigenvalue weighted by Gasteiger charge is 2.14. The van der Waals surface area contributed by atoms with Crippen LogP contribution in [0.4, 0.5) is 5.69 Å². The molecule has 1 aromatic rings. The molecule has 2 N–H and O–H groups in total. The summed E-state index contributed by atoms with van der Waals surface area (Å²) in [5.41, 5.74) is 0.465. The van der Waals surface area contributed by atoms with E-state index in [2.05, 4.69) is 47.1 Å². The number of rotatable bonds is 6. The molecule has 0 aliphatic rings. The molecular formula is C12H20BrN3O2. The zero-order valence-corrected chi connectivity index (χ0v) is 12.6. The number of nitrogens with one attached hydrogen (secondary N) is 1. The van der Waals surface area contributed by atoms with Gasteiger partial charge >= 0.3 is 0 Å². The molecule has 18 heavy (non-hydrogen) atoms. The van der Waals surface area contributed by atoms with Gasteiger partial charge in [0, 0.05) is 6.04 Å². The van der Waals surface area contributed by atoms with E-state index in [1.54, 1.807) is 6.20 Å². The number of aromatic nitrogens is 2. The van der Waals surface area contributed by atoms with Crippen LogP contribution in [0.5, 0.6) is 0 Å². The lowest BCUT2D eigenvalue weighted by molar-refractivity contribution is 0.266. The van der Waals surface area contributed by atoms with Crippen molar-refractivity contribution >= 4 is 21.6 Å². The number of aliphatic hydroxyl groups excluding tert-OH is 1. The van der Waals surface area contributed by atoms with Crippen molar-refractivity contribution in [3.63, 3.8) is 0 Å². The van der Waals surface area contributed by atoms with Crippen LogP contribution in [0.3, 0.4) is 0 Å². The maximum Gasteiger partial charge on any atom is 0.283 e. The summed E-state index contributed by atoms with van der Waals surface area (Å²) in [6, 6.07) is 0.265. The summed E-state index contributed by atoms with van der Waals surface area (Å²) in [6.07, 6.45) is 2.68. The molecule has 5 nitrogen and oxygen atoms in total. The molecule has 0 aliphatic heterocycles. The summed E-state index contributed by atoms with van der Waals surface area (Å²) in [4.78, 5) is 11.9. The summed E-state index contributed by atoms with van der Waals surface area (Å²) in [7, 11) is 0. The van der Waals surface area contributed by atoms with Crippen molar-refractivity contribution in [3.8, 4) is 0 Å². The van der Waals surface area contributed by atoms with Gasteiger partial charge in [-0.3, -0.25) is 4.79 Å². The molecule has 102 valence electrons. The second-order valence-electron chi connectivity index (χ2n) is 4.44. The zero-order chi connectivity index (χ0) is 13.7. The SMILES string of the molecule is CCC(C)C(C)Nc1cnn(CCO)c(=O)c1Br. The monoisotopic (exact) mass is 317 g/mol. The van der Waals surface area contributed by atoms with Crippen molar-refractivity contribution in [2.45, 2.75) is 39.8 Å².